The van der Waals surface area contributed by atoms with Gasteiger partial charge in [-0.3, -0.25) is 4.79 Å². The molecule has 1 amide bonds. The monoisotopic (exact) mass is 329 g/mol. The molecule has 1 aliphatic rings. The molecule has 0 aliphatic heterocycles. The lowest BCUT2D eigenvalue weighted by molar-refractivity contribution is 0.0953. The molecule has 1 aliphatic carbocycles. The van der Waals surface area contributed by atoms with E-state index in [4.69, 9.17) is 4.74 Å². The van der Waals surface area contributed by atoms with Crippen LogP contribution in [0, 0.1) is 6.92 Å². The maximum atomic E-state index is 12.5. The molecule has 2 aromatic rings. The Labute approximate surface area is 141 Å². The lowest BCUT2D eigenvalue weighted by atomic mass is 9.95. The van der Waals surface area contributed by atoms with Crippen LogP contribution in [0.5, 0.6) is 5.75 Å². The van der Waals surface area contributed by atoms with Crippen molar-refractivity contribution >= 4 is 17.2 Å². The summed E-state index contributed by atoms with van der Waals surface area (Å²) in [5, 5.41) is 5.09. The molecular formula is C19H23NO2S. The molecule has 0 unspecified atom stereocenters. The molecule has 4 heteroatoms. The highest BCUT2D eigenvalue weighted by molar-refractivity contribution is 7.10. The zero-order valence-corrected chi connectivity index (χ0v) is 14.6. The van der Waals surface area contributed by atoms with Crippen molar-refractivity contribution in [2.45, 2.75) is 39.0 Å². The van der Waals surface area contributed by atoms with Crippen molar-refractivity contribution in [2.75, 3.05) is 13.7 Å². The van der Waals surface area contributed by atoms with Crippen LogP contribution in [0.4, 0.5) is 0 Å². The molecule has 1 aromatic heterocycles. The van der Waals surface area contributed by atoms with Crippen LogP contribution in [0.2, 0.25) is 0 Å². The molecule has 3 rings (SSSR count). The first-order chi connectivity index (χ1) is 11.2. The average Bonchev–Trinajstić information content (AvgIpc) is 2.99. The van der Waals surface area contributed by atoms with Gasteiger partial charge in [-0.05, 0) is 56.2 Å². The number of ether oxygens (including phenoxy) is 1. The highest BCUT2D eigenvalue weighted by atomic mass is 32.1. The number of hydrogen-bond donors (Lipinski definition) is 1. The molecule has 0 bridgehead atoms. The van der Waals surface area contributed by atoms with Gasteiger partial charge in [-0.25, -0.2) is 0 Å². The number of carbonyl (C=O) groups excluding carboxylic acids is 1. The number of benzene rings is 1. The maximum Gasteiger partial charge on any atom is 0.252 e. The normalized spacial score (nSPS) is 13.5. The first-order valence-corrected chi connectivity index (χ1v) is 9.08. The number of carbonyl (C=O) groups is 1. The van der Waals surface area contributed by atoms with Gasteiger partial charge in [0.25, 0.3) is 5.91 Å². The molecule has 23 heavy (non-hydrogen) atoms. The van der Waals surface area contributed by atoms with E-state index in [1.165, 1.54) is 28.8 Å². The molecule has 1 N–H and O–H groups in total. The Hall–Kier alpha value is -1.81. The van der Waals surface area contributed by atoms with Crippen molar-refractivity contribution in [1.29, 1.82) is 0 Å². The van der Waals surface area contributed by atoms with Crippen molar-refractivity contribution < 1.29 is 9.53 Å². The van der Waals surface area contributed by atoms with Gasteiger partial charge in [0.15, 0.2) is 0 Å². The Bertz CT molecular complexity index is 705. The Morgan fingerprint density at radius 2 is 2.13 bits per heavy atom. The quantitative estimate of drug-likeness (QED) is 0.903. The maximum absolute atomic E-state index is 12.5. The molecule has 0 fully saturated rings. The van der Waals surface area contributed by atoms with Crippen LogP contribution in [0.15, 0.2) is 23.6 Å². The van der Waals surface area contributed by atoms with E-state index in [-0.39, 0.29) is 5.91 Å². The summed E-state index contributed by atoms with van der Waals surface area (Å²) >= 11 is 1.74. The van der Waals surface area contributed by atoms with Crippen molar-refractivity contribution in [3.63, 3.8) is 0 Å². The standard InChI is InChI=1S/C19H23NO2S/c1-13-7-8-17(22-2)14(11-13)9-10-20-19(21)16-12-23-18-6-4-3-5-15(16)18/h7-8,11-12H,3-6,9-10H2,1-2H3,(H,20,21). The number of aryl methyl sites for hydroxylation is 2. The van der Waals surface area contributed by atoms with E-state index in [2.05, 4.69) is 18.3 Å². The van der Waals surface area contributed by atoms with Gasteiger partial charge in [-0.2, -0.15) is 0 Å². The first-order valence-electron chi connectivity index (χ1n) is 8.20. The summed E-state index contributed by atoms with van der Waals surface area (Å²) in [6, 6.07) is 6.15. The Balaban J connectivity index is 1.62. The van der Waals surface area contributed by atoms with E-state index in [1.54, 1.807) is 18.4 Å². The number of amides is 1. The van der Waals surface area contributed by atoms with Crippen LogP contribution < -0.4 is 10.1 Å². The Morgan fingerprint density at radius 3 is 2.96 bits per heavy atom. The van der Waals surface area contributed by atoms with Gasteiger partial charge >= 0.3 is 0 Å². The predicted octanol–water partition coefficient (Wildman–Crippen LogP) is 3.92. The van der Waals surface area contributed by atoms with Gasteiger partial charge in [0.2, 0.25) is 0 Å². The number of methoxy groups -OCH3 is 1. The number of thiophene rings is 1. The fourth-order valence-corrected chi connectivity index (χ4v) is 4.32. The summed E-state index contributed by atoms with van der Waals surface area (Å²) < 4.78 is 5.39. The fraction of sp³-hybridized carbons (Fsp3) is 0.421. The van der Waals surface area contributed by atoms with Gasteiger partial charge in [-0.1, -0.05) is 17.7 Å². The van der Waals surface area contributed by atoms with Crippen LogP contribution in [0.1, 0.15) is 44.8 Å². The van der Waals surface area contributed by atoms with Crippen molar-refractivity contribution in [2.24, 2.45) is 0 Å². The minimum Gasteiger partial charge on any atom is -0.496 e. The van der Waals surface area contributed by atoms with E-state index >= 15 is 0 Å². The van der Waals surface area contributed by atoms with E-state index in [0.717, 1.165) is 36.1 Å². The third-order valence-corrected chi connectivity index (χ3v) is 5.51. The summed E-state index contributed by atoms with van der Waals surface area (Å²) in [6.45, 7) is 2.70. The third kappa shape index (κ3) is 3.58. The van der Waals surface area contributed by atoms with Gasteiger partial charge < -0.3 is 10.1 Å². The van der Waals surface area contributed by atoms with Crippen molar-refractivity contribution in [3.05, 3.63) is 50.7 Å². The summed E-state index contributed by atoms with van der Waals surface area (Å²) in [5.74, 6) is 0.953. The average molecular weight is 329 g/mol. The van der Waals surface area contributed by atoms with E-state index in [1.807, 2.05) is 17.5 Å². The molecule has 1 heterocycles. The number of fused-ring (bicyclic) bond motifs is 1. The minimum atomic E-state index is 0.0658. The molecule has 3 nitrogen and oxygen atoms in total. The third-order valence-electron chi connectivity index (χ3n) is 4.42. The molecule has 0 saturated heterocycles. The summed E-state index contributed by atoms with van der Waals surface area (Å²) in [4.78, 5) is 13.9. The van der Waals surface area contributed by atoms with Gasteiger partial charge in [0, 0.05) is 16.8 Å². The van der Waals surface area contributed by atoms with Crippen LogP contribution in [-0.2, 0) is 19.3 Å². The van der Waals surface area contributed by atoms with Crippen LogP contribution >= 0.6 is 11.3 Å². The predicted molar refractivity (Wildman–Crippen MR) is 94.7 cm³/mol. The first kappa shape index (κ1) is 16.1. The smallest absolute Gasteiger partial charge is 0.252 e. The molecule has 0 radical (unpaired) electrons. The highest BCUT2D eigenvalue weighted by Crippen LogP contribution is 2.30. The van der Waals surface area contributed by atoms with Gasteiger partial charge in [0.05, 0.1) is 12.7 Å². The SMILES string of the molecule is COc1ccc(C)cc1CCNC(=O)c1csc2c1CCCC2. The second-order valence-electron chi connectivity index (χ2n) is 6.08. The summed E-state index contributed by atoms with van der Waals surface area (Å²) in [5.41, 5.74) is 4.52. The molecule has 0 atom stereocenters. The summed E-state index contributed by atoms with van der Waals surface area (Å²) in [7, 11) is 1.68. The molecule has 0 saturated carbocycles. The van der Waals surface area contributed by atoms with E-state index in [9.17, 15) is 4.79 Å². The van der Waals surface area contributed by atoms with E-state index in [0.29, 0.717) is 6.54 Å². The Kier molecular flexibility index (Phi) is 5.01. The Morgan fingerprint density at radius 1 is 1.30 bits per heavy atom. The van der Waals surface area contributed by atoms with Gasteiger partial charge in [-0.15, -0.1) is 11.3 Å². The molecule has 0 spiro atoms. The zero-order chi connectivity index (χ0) is 16.2. The van der Waals surface area contributed by atoms with E-state index < -0.39 is 0 Å². The lowest BCUT2D eigenvalue weighted by Gasteiger charge is -2.13. The molecule has 1 aromatic carbocycles. The minimum absolute atomic E-state index is 0.0658. The number of hydrogen-bond acceptors (Lipinski definition) is 3. The highest BCUT2D eigenvalue weighted by Gasteiger charge is 2.19. The second-order valence-corrected chi connectivity index (χ2v) is 7.04. The number of rotatable bonds is 5. The van der Waals surface area contributed by atoms with Crippen LogP contribution in [-0.4, -0.2) is 19.6 Å². The molecule has 122 valence electrons. The fourth-order valence-electron chi connectivity index (χ4n) is 3.19. The van der Waals surface area contributed by atoms with Crippen molar-refractivity contribution in [1.82, 2.24) is 5.32 Å². The second kappa shape index (κ2) is 7.18. The topological polar surface area (TPSA) is 38.3 Å². The van der Waals surface area contributed by atoms with Crippen molar-refractivity contribution in [3.8, 4) is 5.75 Å². The number of nitrogens with one attached hydrogen (secondary N) is 1. The largest absolute Gasteiger partial charge is 0.496 e. The molecular weight excluding hydrogens is 306 g/mol. The van der Waals surface area contributed by atoms with Crippen LogP contribution in [0.25, 0.3) is 0 Å². The zero-order valence-electron chi connectivity index (χ0n) is 13.8. The lowest BCUT2D eigenvalue weighted by Crippen LogP contribution is -2.26. The summed E-state index contributed by atoms with van der Waals surface area (Å²) in [6.07, 6.45) is 5.41. The van der Waals surface area contributed by atoms with Crippen LogP contribution in [0.3, 0.4) is 0 Å². The van der Waals surface area contributed by atoms with Gasteiger partial charge in [0.1, 0.15) is 5.75 Å².